The summed E-state index contributed by atoms with van der Waals surface area (Å²) >= 11 is 0. The average Bonchev–Trinajstić information content (AvgIpc) is 3.18. The van der Waals surface area contributed by atoms with Crippen LogP contribution in [-0.4, -0.2) is 20.6 Å². The number of carbonyl (C=O) groups excluding carboxylic acids is 1. The highest BCUT2D eigenvalue weighted by Gasteiger charge is 2.39. The summed E-state index contributed by atoms with van der Waals surface area (Å²) in [5.41, 5.74) is 2.12. The van der Waals surface area contributed by atoms with Crippen molar-refractivity contribution in [3.05, 3.63) is 98.3 Å². The third kappa shape index (κ3) is 3.74. The van der Waals surface area contributed by atoms with Crippen LogP contribution in [0.2, 0.25) is 0 Å². The summed E-state index contributed by atoms with van der Waals surface area (Å²) in [5.74, 6) is -2.01. The lowest BCUT2D eigenvalue weighted by molar-refractivity contribution is -0.149. The fourth-order valence-corrected chi connectivity index (χ4v) is 5.61. The molecule has 1 N–H and O–H groups in total. The van der Waals surface area contributed by atoms with E-state index in [1.807, 2.05) is 30.3 Å². The standard InChI is InChI=1S/C29H24F2N2O4/c1-2-29(36)13-25(34)37-15-20-21(29)12-24-27-19(14-33(24)28(20)35)18(9-8-16-6-4-3-5-7-16)26-22(31)10-17(30)11-23(26)32-27/h3-7,10-12,36H,2,8-9,13-15H2,1H3/t29-/m1/s1. The van der Waals surface area contributed by atoms with E-state index < -0.39 is 28.8 Å². The maximum atomic E-state index is 15.2. The van der Waals surface area contributed by atoms with Crippen LogP contribution in [0.5, 0.6) is 0 Å². The van der Waals surface area contributed by atoms with Gasteiger partial charge in [-0.05, 0) is 42.0 Å². The number of rotatable bonds is 4. The highest BCUT2D eigenvalue weighted by molar-refractivity contribution is 5.89. The van der Waals surface area contributed by atoms with Crippen molar-refractivity contribution in [2.75, 3.05) is 0 Å². The van der Waals surface area contributed by atoms with Crippen LogP contribution in [0.4, 0.5) is 8.78 Å². The van der Waals surface area contributed by atoms with Crippen molar-refractivity contribution < 1.29 is 23.4 Å². The number of fused-ring (bicyclic) bond motifs is 5. The molecule has 37 heavy (non-hydrogen) atoms. The van der Waals surface area contributed by atoms with Crippen molar-refractivity contribution in [3.8, 4) is 11.4 Å². The Morgan fingerprint density at radius 2 is 1.86 bits per heavy atom. The van der Waals surface area contributed by atoms with E-state index in [9.17, 15) is 19.1 Å². The topological polar surface area (TPSA) is 81.4 Å². The molecule has 0 spiro atoms. The minimum Gasteiger partial charge on any atom is -0.460 e. The Bertz CT molecular complexity index is 1650. The molecule has 0 unspecified atom stereocenters. The first-order valence-corrected chi connectivity index (χ1v) is 12.3. The number of aryl methyl sites for hydroxylation is 2. The van der Waals surface area contributed by atoms with Gasteiger partial charge in [0.15, 0.2) is 0 Å². The van der Waals surface area contributed by atoms with Gasteiger partial charge in [0, 0.05) is 23.1 Å². The Kier molecular flexibility index (Phi) is 5.45. The summed E-state index contributed by atoms with van der Waals surface area (Å²) in [5, 5.41) is 11.6. The van der Waals surface area contributed by atoms with E-state index in [0.29, 0.717) is 40.9 Å². The van der Waals surface area contributed by atoms with E-state index in [1.54, 1.807) is 13.0 Å². The zero-order chi connectivity index (χ0) is 25.9. The average molecular weight is 503 g/mol. The van der Waals surface area contributed by atoms with Crippen molar-refractivity contribution in [3.63, 3.8) is 0 Å². The minimum absolute atomic E-state index is 0.152. The first-order valence-electron chi connectivity index (χ1n) is 12.3. The van der Waals surface area contributed by atoms with Crippen molar-refractivity contribution in [1.82, 2.24) is 9.55 Å². The molecule has 0 bridgehead atoms. The lowest BCUT2D eigenvalue weighted by Crippen LogP contribution is -2.32. The Morgan fingerprint density at radius 3 is 2.62 bits per heavy atom. The van der Waals surface area contributed by atoms with E-state index in [1.165, 1.54) is 10.6 Å². The van der Waals surface area contributed by atoms with Crippen LogP contribution < -0.4 is 5.56 Å². The fourth-order valence-electron chi connectivity index (χ4n) is 5.61. The van der Waals surface area contributed by atoms with E-state index >= 15 is 4.39 Å². The molecule has 2 aromatic heterocycles. The summed E-state index contributed by atoms with van der Waals surface area (Å²) in [7, 11) is 0. The highest BCUT2D eigenvalue weighted by atomic mass is 19.1. The molecule has 0 amide bonds. The number of esters is 1. The molecular formula is C29H24F2N2O4. The normalized spacial score (nSPS) is 18.2. The largest absolute Gasteiger partial charge is 0.460 e. The number of pyridine rings is 2. The molecule has 2 aliphatic rings. The van der Waals surface area contributed by atoms with Gasteiger partial charge in [0.05, 0.1) is 35.4 Å². The molecular weight excluding hydrogens is 478 g/mol. The Balaban J connectivity index is 1.58. The van der Waals surface area contributed by atoms with Crippen molar-refractivity contribution in [1.29, 1.82) is 0 Å². The molecule has 4 heterocycles. The summed E-state index contributed by atoms with van der Waals surface area (Å²) < 4.78 is 36.1. The summed E-state index contributed by atoms with van der Waals surface area (Å²) in [4.78, 5) is 30.4. The maximum Gasteiger partial charge on any atom is 0.309 e. The third-order valence-electron chi connectivity index (χ3n) is 7.58. The number of halogens is 2. The van der Waals surface area contributed by atoms with Crippen molar-refractivity contribution in [2.24, 2.45) is 0 Å². The van der Waals surface area contributed by atoms with Crippen LogP contribution >= 0.6 is 0 Å². The van der Waals surface area contributed by atoms with E-state index in [-0.39, 0.29) is 42.5 Å². The Labute approximate surface area is 211 Å². The second kappa shape index (κ2) is 8.59. The Hall–Kier alpha value is -3.91. The molecule has 0 radical (unpaired) electrons. The smallest absolute Gasteiger partial charge is 0.309 e. The van der Waals surface area contributed by atoms with Crippen LogP contribution in [0.1, 0.15) is 47.6 Å². The van der Waals surface area contributed by atoms with E-state index in [2.05, 4.69) is 4.98 Å². The van der Waals surface area contributed by atoms with Gasteiger partial charge in [0.1, 0.15) is 23.8 Å². The second-order valence-corrected chi connectivity index (χ2v) is 9.72. The van der Waals surface area contributed by atoms with Crippen LogP contribution in [0.3, 0.4) is 0 Å². The highest BCUT2D eigenvalue weighted by Crippen LogP contribution is 2.41. The van der Waals surface area contributed by atoms with Gasteiger partial charge in [-0.2, -0.15) is 0 Å². The number of aromatic nitrogens is 2. The van der Waals surface area contributed by atoms with Gasteiger partial charge < -0.3 is 14.4 Å². The lowest BCUT2D eigenvalue weighted by Gasteiger charge is -2.26. The molecule has 1 atom stereocenters. The number of aliphatic hydroxyl groups is 1. The Morgan fingerprint density at radius 1 is 1.08 bits per heavy atom. The predicted octanol–water partition coefficient (Wildman–Crippen LogP) is 4.53. The van der Waals surface area contributed by atoms with Crippen molar-refractivity contribution in [2.45, 2.75) is 51.4 Å². The van der Waals surface area contributed by atoms with Gasteiger partial charge in [0.2, 0.25) is 0 Å². The van der Waals surface area contributed by atoms with Crippen LogP contribution in [0.25, 0.3) is 22.3 Å². The summed E-state index contributed by atoms with van der Waals surface area (Å²) in [6.45, 7) is 1.65. The first-order chi connectivity index (χ1) is 17.8. The molecule has 6 rings (SSSR count). The van der Waals surface area contributed by atoms with Crippen LogP contribution in [-0.2, 0) is 41.1 Å². The lowest BCUT2D eigenvalue weighted by atomic mass is 9.85. The first kappa shape index (κ1) is 23.5. The van der Waals surface area contributed by atoms with Crippen molar-refractivity contribution >= 4 is 16.9 Å². The summed E-state index contributed by atoms with van der Waals surface area (Å²) in [6.07, 6.45) is 1.02. The number of hydrogen-bond acceptors (Lipinski definition) is 5. The molecule has 188 valence electrons. The van der Waals surface area contributed by atoms with Gasteiger partial charge in [-0.1, -0.05) is 37.3 Å². The molecule has 0 aliphatic carbocycles. The molecule has 4 aromatic rings. The maximum absolute atomic E-state index is 15.2. The van der Waals surface area contributed by atoms with Gasteiger partial charge >= 0.3 is 5.97 Å². The molecule has 2 aliphatic heterocycles. The molecule has 8 heteroatoms. The van der Waals surface area contributed by atoms with E-state index in [4.69, 9.17) is 4.74 Å². The molecule has 0 saturated carbocycles. The van der Waals surface area contributed by atoms with Crippen LogP contribution in [0.15, 0.2) is 53.3 Å². The monoisotopic (exact) mass is 502 g/mol. The number of benzene rings is 2. The van der Waals surface area contributed by atoms with Gasteiger partial charge in [0.25, 0.3) is 5.56 Å². The molecule has 0 saturated heterocycles. The zero-order valence-corrected chi connectivity index (χ0v) is 20.2. The number of cyclic esters (lactones) is 1. The summed E-state index contributed by atoms with van der Waals surface area (Å²) in [6, 6.07) is 13.5. The second-order valence-electron chi connectivity index (χ2n) is 9.72. The molecule has 2 aromatic carbocycles. The third-order valence-corrected chi connectivity index (χ3v) is 7.58. The minimum atomic E-state index is -1.56. The SMILES string of the molecule is CC[C@@]1(O)CC(=O)OCc2c1cc1n(c2=O)Cc2c-1nc1cc(F)cc(F)c1c2CCc1ccccc1. The molecule has 0 fully saturated rings. The number of nitrogens with zero attached hydrogens (tertiary/aromatic N) is 2. The number of hydrogen-bond donors (Lipinski definition) is 1. The van der Waals surface area contributed by atoms with Crippen LogP contribution in [0, 0.1) is 11.6 Å². The fraction of sp³-hybridized carbons (Fsp3) is 0.276. The van der Waals surface area contributed by atoms with Gasteiger partial charge in [-0.3, -0.25) is 9.59 Å². The predicted molar refractivity (Wildman–Crippen MR) is 133 cm³/mol. The quantitative estimate of drug-likeness (QED) is 0.365. The van der Waals surface area contributed by atoms with E-state index in [0.717, 1.165) is 11.6 Å². The van der Waals surface area contributed by atoms with Gasteiger partial charge in [-0.25, -0.2) is 13.8 Å². The number of carbonyl (C=O) groups is 1. The molecule has 6 nitrogen and oxygen atoms in total. The van der Waals surface area contributed by atoms with Gasteiger partial charge in [-0.15, -0.1) is 0 Å². The zero-order valence-electron chi connectivity index (χ0n) is 20.2. The number of ether oxygens (including phenoxy) is 1.